The zero-order chi connectivity index (χ0) is 22.3. The van der Waals surface area contributed by atoms with E-state index in [4.69, 9.17) is 4.74 Å². The third kappa shape index (κ3) is 4.29. The molecule has 0 bridgehead atoms. The van der Waals surface area contributed by atoms with E-state index < -0.39 is 17.7 Å². The van der Waals surface area contributed by atoms with Crippen molar-refractivity contribution in [3.63, 3.8) is 0 Å². The summed E-state index contributed by atoms with van der Waals surface area (Å²) in [7, 11) is 0. The average Bonchev–Trinajstić information content (AvgIpc) is 2.65. The molecule has 1 N–H and O–H groups in total. The highest BCUT2D eigenvalue weighted by Gasteiger charge is 2.38. The molecule has 4 nitrogen and oxygen atoms in total. The molecule has 0 unspecified atom stereocenters. The Morgan fingerprint density at radius 2 is 1.77 bits per heavy atom. The Hall–Kier alpha value is -2.21. The minimum Gasteiger partial charge on any atom is -0.462 e. The SMILES string of the molecule is CCOC(=O)c1ccc(C(=O)Nc2cc(Br)c3c(c2)C(C)(C)CCC3(C)C)cc1F. The lowest BCUT2D eigenvalue weighted by Crippen LogP contribution is -2.34. The Kier molecular flexibility index (Phi) is 6.10. The first-order valence-electron chi connectivity index (χ1n) is 10.1. The maximum absolute atomic E-state index is 14.3. The highest BCUT2D eigenvalue weighted by atomic mass is 79.9. The van der Waals surface area contributed by atoms with Crippen LogP contribution in [0.25, 0.3) is 0 Å². The van der Waals surface area contributed by atoms with E-state index in [1.807, 2.05) is 12.1 Å². The van der Waals surface area contributed by atoms with Gasteiger partial charge in [-0.1, -0.05) is 43.6 Å². The van der Waals surface area contributed by atoms with Crippen LogP contribution in [0.3, 0.4) is 0 Å². The number of ether oxygens (including phenoxy) is 1. The zero-order valence-corrected chi connectivity index (χ0v) is 19.6. The highest BCUT2D eigenvalue weighted by molar-refractivity contribution is 9.10. The molecule has 0 aliphatic heterocycles. The molecule has 0 saturated heterocycles. The highest BCUT2D eigenvalue weighted by Crippen LogP contribution is 2.49. The number of fused-ring (bicyclic) bond motifs is 1. The lowest BCUT2D eigenvalue weighted by atomic mass is 9.63. The van der Waals surface area contributed by atoms with E-state index >= 15 is 0 Å². The van der Waals surface area contributed by atoms with Gasteiger partial charge in [-0.15, -0.1) is 0 Å². The van der Waals surface area contributed by atoms with Gasteiger partial charge in [0.25, 0.3) is 5.91 Å². The Labute approximate surface area is 185 Å². The molecule has 2 aromatic carbocycles. The van der Waals surface area contributed by atoms with Crippen LogP contribution in [0.1, 0.15) is 79.3 Å². The van der Waals surface area contributed by atoms with E-state index in [9.17, 15) is 14.0 Å². The van der Waals surface area contributed by atoms with Crippen molar-refractivity contribution in [1.82, 2.24) is 0 Å². The minimum atomic E-state index is -0.782. The third-order valence-corrected chi connectivity index (χ3v) is 6.48. The lowest BCUT2D eigenvalue weighted by Gasteiger charge is -2.42. The van der Waals surface area contributed by atoms with Crippen molar-refractivity contribution in [2.75, 3.05) is 11.9 Å². The van der Waals surface area contributed by atoms with Gasteiger partial charge in [0.2, 0.25) is 0 Å². The van der Waals surface area contributed by atoms with Gasteiger partial charge < -0.3 is 10.1 Å². The van der Waals surface area contributed by atoms with Crippen molar-refractivity contribution in [1.29, 1.82) is 0 Å². The zero-order valence-electron chi connectivity index (χ0n) is 18.0. The number of esters is 1. The number of anilines is 1. The number of benzene rings is 2. The monoisotopic (exact) mass is 475 g/mol. The molecule has 0 radical (unpaired) electrons. The summed E-state index contributed by atoms with van der Waals surface area (Å²) in [6, 6.07) is 7.66. The predicted molar refractivity (Wildman–Crippen MR) is 120 cm³/mol. The van der Waals surface area contributed by atoms with E-state index in [2.05, 4.69) is 48.9 Å². The van der Waals surface area contributed by atoms with Crippen LogP contribution in [0.2, 0.25) is 0 Å². The maximum Gasteiger partial charge on any atom is 0.341 e. The normalized spacial score (nSPS) is 16.5. The van der Waals surface area contributed by atoms with Crippen molar-refractivity contribution < 1.29 is 18.7 Å². The molecule has 0 saturated carbocycles. The standard InChI is InChI=1S/C24H27BrFNO3/c1-6-30-22(29)16-8-7-14(11-19(16)26)21(28)27-15-12-17-20(18(25)13-15)24(4,5)10-9-23(17,2)3/h7-8,11-13H,6,9-10H2,1-5H3,(H,27,28). The molecule has 1 aliphatic rings. The predicted octanol–water partition coefficient (Wildman–Crippen LogP) is 6.37. The molecule has 0 aromatic heterocycles. The molecule has 6 heteroatoms. The van der Waals surface area contributed by atoms with Crippen molar-refractivity contribution in [2.45, 2.75) is 58.3 Å². The summed E-state index contributed by atoms with van der Waals surface area (Å²) >= 11 is 3.70. The molecular weight excluding hydrogens is 449 g/mol. The second-order valence-corrected chi connectivity index (χ2v) is 9.87. The van der Waals surface area contributed by atoms with Crippen LogP contribution < -0.4 is 5.32 Å². The van der Waals surface area contributed by atoms with Gasteiger partial charge in [0.15, 0.2) is 0 Å². The van der Waals surface area contributed by atoms with Crippen LogP contribution >= 0.6 is 15.9 Å². The van der Waals surface area contributed by atoms with Gasteiger partial charge in [-0.05, 0) is 72.1 Å². The second kappa shape index (κ2) is 8.14. The summed E-state index contributed by atoms with van der Waals surface area (Å²) in [5, 5.41) is 2.86. The smallest absolute Gasteiger partial charge is 0.341 e. The van der Waals surface area contributed by atoms with E-state index in [0.29, 0.717) is 5.69 Å². The van der Waals surface area contributed by atoms with Gasteiger partial charge >= 0.3 is 5.97 Å². The minimum absolute atomic E-state index is 0.0124. The largest absolute Gasteiger partial charge is 0.462 e. The number of hydrogen-bond acceptors (Lipinski definition) is 3. The van der Waals surface area contributed by atoms with Gasteiger partial charge in [0.1, 0.15) is 5.82 Å². The summed E-state index contributed by atoms with van der Waals surface area (Å²) in [6.45, 7) is 10.7. The van der Waals surface area contributed by atoms with Crippen LogP contribution in [-0.2, 0) is 15.6 Å². The van der Waals surface area contributed by atoms with Gasteiger partial charge in [-0.2, -0.15) is 0 Å². The summed E-state index contributed by atoms with van der Waals surface area (Å²) in [6.07, 6.45) is 2.14. The van der Waals surface area contributed by atoms with Crippen molar-refractivity contribution in [2.24, 2.45) is 0 Å². The molecule has 1 amide bonds. The van der Waals surface area contributed by atoms with Crippen LogP contribution in [0, 0.1) is 5.82 Å². The van der Waals surface area contributed by atoms with Crippen molar-refractivity contribution in [3.8, 4) is 0 Å². The van der Waals surface area contributed by atoms with E-state index in [1.165, 1.54) is 23.3 Å². The van der Waals surface area contributed by atoms with Crippen LogP contribution in [-0.4, -0.2) is 18.5 Å². The number of nitrogens with one attached hydrogen (secondary N) is 1. The van der Waals surface area contributed by atoms with E-state index in [-0.39, 0.29) is 28.6 Å². The Morgan fingerprint density at radius 3 is 2.40 bits per heavy atom. The fourth-order valence-electron chi connectivity index (χ4n) is 4.02. The number of hydrogen-bond donors (Lipinski definition) is 1. The lowest BCUT2D eigenvalue weighted by molar-refractivity contribution is 0.0520. The quantitative estimate of drug-likeness (QED) is 0.522. The molecule has 160 valence electrons. The van der Waals surface area contributed by atoms with Crippen LogP contribution in [0.4, 0.5) is 10.1 Å². The topological polar surface area (TPSA) is 55.4 Å². The van der Waals surface area contributed by atoms with Crippen molar-refractivity contribution in [3.05, 3.63) is 62.9 Å². The molecule has 0 spiro atoms. The molecule has 0 heterocycles. The number of rotatable bonds is 4. The Balaban J connectivity index is 1.90. The first-order chi connectivity index (χ1) is 14.0. The Morgan fingerprint density at radius 1 is 1.10 bits per heavy atom. The van der Waals surface area contributed by atoms with Gasteiger partial charge in [-0.25, -0.2) is 9.18 Å². The molecule has 0 atom stereocenters. The first-order valence-corrected chi connectivity index (χ1v) is 10.9. The summed E-state index contributed by atoms with van der Waals surface area (Å²) < 4.78 is 20.1. The Bertz CT molecular complexity index is 1010. The molecule has 0 fully saturated rings. The summed E-state index contributed by atoms with van der Waals surface area (Å²) in [5.74, 6) is -1.97. The van der Waals surface area contributed by atoms with Crippen molar-refractivity contribution >= 4 is 33.5 Å². The third-order valence-electron chi connectivity index (χ3n) is 5.86. The van der Waals surface area contributed by atoms with Gasteiger partial charge in [-0.3, -0.25) is 4.79 Å². The number of carbonyl (C=O) groups is 2. The summed E-state index contributed by atoms with van der Waals surface area (Å²) in [4.78, 5) is 24.5. The molecule has 1 aliphatic carbocycles. The first kappa shape index (κ1) is 22.5. The average molecular weight is 476 g/mol. The fraction of sp³-hybridized carbons (Fsp3) is 0.417. The maximum atomic E-state index is 14.3. The van der Waals surface area contributed by atoms with Gasteiger partial charge in [0, 0.05) is 15.7 Å². The van der Waals surface area contributed by atoms with Crippen LogP contribution in [0.15, 0.2) is 34.8 Å². The molecule has 2 aromatic rings. The number of carbonyl (C=O) groups excluding carboxylic acids is 2. The van der Waals surface area contributed by atoms with Crippen LogP contribution in [0.5, 0.6) is 0 Å². The second-order valence-electron chi connectivity index (χ2n) is 9.02. The fourth-order valence-corrected chi connectivity index (χ4v) is 5.02. The molecule has 3 rings (SSSR count). The number of amides is 1. The number of halogens is 2. The van der Waals surface area contributed by atoms with Gasteiger partial charge in [0.05, 0.1) is 12.2 Å². The van der Waals surface area contributed by atoms with E-state index in [1.54, 1.807) is 6.92 Å². The molecular formula is C24H27BrFNO3. The summed E-state index contributed by atoms with van der Waals surface area (Å²) in [5.41, 5.74) is 3.09. The van der Waals surface area contributed by atoms with E-state index in [0.717, 1.165) is 23.4 Å². The molecule has 30 heavy (non-hydrogen) atoms.